The van der Waals surface area contributed by atoms with Crippen molar-refractivity contribution in [3.8, 4) is 0 Å². The molecule has 0 fully saturated rings. The van der Waals surface area contributed by atoms with Gasteiger partial charge >= 0.3 is 0 Å². The number of aromatic nitrogens is 1. The average molecular weight is 493 g/mol. The molecule has 36 heavy (non-hydrogen) atoms. The fourth-order valence-electron chi connectivity index (χ4n) is 3.72. The molecule has 10 heteroatoms. The van der Waals surface area contributed by atoms with E-state index in [0.717, 1.165) is 16.5 Å². The van der Waals surface area contributed by atoms with Crippen LogP contribution in [0.15, 0.2) is 66.9 Å². The topological polar surface area (TPSA) is 180 Å². The molecule has 1 aromatic heterocycles. The smallest absolute Gasteiger partial charge is 0.247 e. The quantitative estimate of drug-likeness (QED) is 0.204. The third kappa shape index (κ3) is 7.84. The number of anilines is 1. The maximum atomic E-state index is 13.2. The minimum absolute atomic E-state index is 0.178. The van der Waals surface area contributed by atoms with Gasteiger partial charge in [-0.05, 0) is 30.5 Å². The van der Waals surface area contributed by atoms with Crippen LogP contribution in [0.1, 0.15) is 18.4 Å². The maximum Gasteiger partial charge on any atom is 0.247 e. The summed E-state index contributed by atoms with van der Waals surface area (Å²) in [7, 11) is 0. The van der Waals surface area contributed by atoms with E-state index in [4.69, 9.17) is 17.2 Å². The molecule has 190 valence electrons. The lowest BCUT2D eigenvalue weighted by atomic mass is 10.0. The second-order valence-electron chi connectivity index (χ2n) is 8.60. The number of benzene rings is 2. The molecule has 0 aliphatic carbocycles. The first-order chi connectivity index (χ1) is 17.4. The zero-order valence-electron chi connectivity index (χ0n) is 20.1. The summed E-state index contributed by atoms with van der Waals surface area (Å²) in [5.74, 6) is -1.41. The van der Waals surface area contributed by atoms with E-state index >= 15 is 0 Å². The Bertz CT molecular complexity index is 1170. The van der Waals surface area contributed by atoms with Crippen LogP contribution in [0.25, 0.3) is 10.9 Å². The van der Waals surface area contributed by atoms with E-state index < -0.39 is 29.9 Å². The van der Waals surface area contributed by atoms with Crippen molar-refractivity contribution in [1.29, 1.82) is 0 Å². The van der Waals surface area contributed by atoms with E-state index in [0.29, 0.717) is 18.5 Å². The summed E-state index contributed by atoms with van der Waals surface area (Å²) >= 11 is 0. The van der Waals surface area contributed by atoms with Crippen molar-refractivity contribution in [2.75, 3.05) is 18.4 Å². The highest BCUT2D eigenvalue weighted by atomic mass is 16.2. The summed E-state index contributed by atoms with van der Waals surface area (Å²) < 4.78 is 0. The zero-order chi connectivity index (χ0) is 25.9. The number of aromatic amines is 1. The van der Waals surface area contributed by atoms with Gasteiger partial charge in [-0.1, -0.05) is 42.5 Å². The summed E-state index contributed by atoms with van der Waals surface area (Å²) in [5, 5.41) is 9.15. The zero-order valence-corrected chi connectivity index (χ0v) is 20.1. The fraction of sp³-hybridized carbons (Fsp3) is 0.308. The molecule has 0 saturated heterocycles. The van der Waals surface area contributed by atoms with E-state index in [1.54, 1.807) is 6.20 Å². The second-order valence-corrected chi connectivity index (χ2v) is 8.60. The number of carbonyl (C=O) groups excluding carboxylic acids is 3. The van der Waals surface area contributed by atoms with Crippen molar-refractivity contribution in [3.05, 3.63) is 72.4 Å². The normalized spacial score (nSPS) is 12.7. The predicted octanol–water partition coefficient (Wildman–Crippen LogP) is -0.170. The molecule has 0 saturated carbocycles. The Labute approximate surface area is 210 Å². The molecular formula is C26H34N7O3+. The lowest BCUT2D eigenvalue weighted by Crippen LogP contribution is -2.52. The van der Waals surface area contributed by atoms with Crippen LogP contribution in [-0.4, -0.2) is 48.9 Å². The SMILES string of the molecule is NCC(CN)NC(=O)C[C@H](N)C(=O)N[C@H](CCc1ccccc1)C(=O)Nc1c[nH+]c2ccccc2c1. The first kappa shape index (κ1) is 26.7. The molecule has 0 radical (unpaired) electrons. The van der Waals surface area contributed by atoms with Gasteiger partial charge < -0.3 is 33.2 Å². The highest BCUT2D eigenvalue weighted by molar-refractivity contribution is 5.99. The number of nitrogens with one attached hydrogen (secondary N) is 4. The molecule has 10 N–H and O–H groups in total. The van der Waals surface area contributed by atoms with Crippen LogP contribution in [0, 0.1) is 0 Å². The van der Waals surface area contributed by atoms with Gasteiger partial charge in [-0.3, -0.25) is 14.4 Å². The minimum atomic E-state index is -1.14. The molecule has 1 heterocycles. The number of amides is 3. The van der Waals surface area contributed by atoms with Crippen LogP contribution >= 0.6 is 0 Å². The molecule has 0 spiro atoms. The molecule has 2 atom stereocenters. The largest absolute Gasteiger partial charge is 0.351 e. The molecule has 2 aromatic carbocycles. The number of aryl methyl sites for hydroxylation is 1. The number of fused-ring (bicyclic) bond motifs is 1. The van der Waals surface area contributed by atoms with E-state index in [9.17, 15) is 14.4 Å². The van der Waals surface area contributed by atoms with Crippen molar-refractivity contribution in [3.63, 3.8) is 0 Å². The summed E-state index contributed by atoms with van der Waals surface area (Å²) in [5.41, 5.74) is 19.6. The van der Waals surface area contributed by atoms with Gasteiger partial charge in [-0.25, -0.2) is 4.98 Å². The Morgan fingerprint density at radius 1 is 0.889 bits per heavy atom. The predicted molar refractivity (Wildman–Crippen MR) is 138 cm³/mol. The second kappa shape index (κ2) is 13.3. The molecule has 0 bridgehead atoms. The first-order valence-electron chi connectivity index (χ1n) is 11.9. The number of hydrogen-bond donors (Lipinski definition) is 6. The molecule has 10 nitrogen and oxygen atoms in total. The fourth-order valence-corrected chi connectivity index (χ4v) is 3.72. The number of para-hydroxylation sites is 1. The van der Waals surface area contributed by atoms with Crippen molar-refractivity contribution in [2.45, 2.75) is 37.4 Å². The third-order valence-electron chi connectivity index (χ3n) is 5.80. The lowest BCUT2D eigenvalue weighted by Gasteiger charge is -2.21. The van der Waals surface area contributed by atoms with Crippen molar-refractivity contribution >= 4 is 34.3 Å². The lowest BCUT2D eigenvalue weighted by molar-refractivity contribution is -0.343. The summed E-state index contributed by atoms with van der Waals surface area (Å²) in [6.07, 6.45) is 2.35. The third-order valence-corrected chi connectivity index (χ3v) is 5.80. The van der Waals surface area contributed by atoms with Gasteiger partial charge in [-0.15, -0.1) is 0 Å². The van der Waals surface area contributed by atoms with Gasteiger partial charge in [0.25, 0.3) is 0 Å². The summed E-state index contributed by atoms with van der Waals surface area (Å²) in [4.78, 5) is 41.3. The van der Waals surface area contributed by atoms with Gasteiger partial charge in [0.05, 0.1) is 18.5 Å². The van der Waals surface area contributed by atoms with Crippen LogP contribution in [0.2, 0.25) is 0 Å². The van der Waals surface area contributed by atoms with Crippen LogP contribution < -0.4 is 38.1 Å². The number of H-pyrrole nitrogens is 1. The Morgan fingerprint density at radius 3 is 2.31 bits per heavy atom. The Kier molecular flexibility index (Phi) is 9.87. The van der Waals surface area contributed by atoms with Crippen LogP contribution in [0.5, 0.6) is 0 Å². The molecule has 3 rings (SSSR count). The Morgan fingerprint density at radius 2 is 1.58 bits per heavy atom. The highest BCUT2D eigenvalue weighted by Crippen LogP contribution is 2.14. The van der Waals surface area contributed by atoms with Gasteiger partial charge in [0, 0.05) is 24.5 Å². The van der Waals surface area contributed by atoms with Crippen molar-refractivity contribution in [2.24, 2.45) is 17.2 Å². The van der Waals surface area contributed by atoms with E-state index in [-0.39, 0.29) is 25.4 Å². The van der Waals surface area contributed by atoms with E-state index in [1.165, 1.54) is 0 Å². The summed E-state index contributed by atoms with van der Waals surface area (Å²) in [6.45, 7) is 0.356. The Balaban J connectivity index is 1.68. The van der Waals surface area contributed by atoms with Crippen molar-refractivity contribution in [1.82, 2.24) is 10.6 Å². The van der Waals surface area contributed by atoms with Crippen LogP contribution in [-0.2, 0) is 20.8 Å². The molecular weight excluding hydrogens is 458 g/mol. The Hall–Kier alpha value is -3.86. The van der Waals surface area contributed by atoms with Gasteiger partial charge in [0.2, 0.25) is 23.2 Å². The monoisotopic (exact) mass is 492 g/mol. The molecule has 0 unspecified atom stereocenters. The first-order valence-corrected chi connectivity index (χ1v) is 11.9. The molecule has 3 aromatic rings. The molecule has 0 aliphatic heterocycles. The molecule has 0 aliphatic rings. The number of hydrogen-bond acceptors (Lipinski definition) is 6. The van der Waals surface area contributed by atoms with E-state index in [2.05, 4.69) is 20.9 Å². The standard InChI is InChI=1S/C26H33N7O3/c27-14-20(15-28)31-24(34)13-21(29)25(35)33-23(11-10-17-6-2-1-3-7-17)26(36)32-19-12-18-8-4-5-9-22(18)30-16-19/h1-9,12,16,20-21,23H,10-11,13-15,27-29H2,(H,31,34)(H,32,36)(H,33,35)/p+1/t21-,23+/m0/s1. The number of pyridine rings is 1. The number of nitrogens with two attached hydrogens (primary N) is 3. The average Bonchev–Trinajstić information content (AvgIpc) is 2.89. The number of rotatable bonds is 12. The number of carbonyl (C=O) groups is 3. The van der Waals surface area contributed by atoms with E-state index in [1.807, 2.05) is 60.7 Å². The van der Waals surface area contributed by atoms with Crippen LogP contribution in [0.3, 0.4) is 0 Å². The molecule has 3 amide bonds. The highest BCUT2D eigenvalue weighted by Gasteiger charge is 2.26. The van der Waals surface area contributed by atoms with Crippen LogP contribution in [0.4, 0.5) is 5.69 Å². The minimum Gasteiger partial charge on any atom is -0.351 e. The van der Waals surface area contributed by atoms with Gasteiger partial charge in [-0.2, -0.15) is 0 Å². The van der Waals surface area contributed by atoms with Gasteiger partial charge in [0.1, 0.15) is 11.7 Å². The van der Waals surface area contributed by atoms with Gasteiger partial charge in [0.15, 0.2) is 6.20 Å². The maximum absolute atomic E-state index is 13.2. The van der Waals surface area contributed by atoms with Crippen molar-refractivity contribution < 1.29 is 19.4 Å². The summed E-state index contributed by atoms with van der Waals surface area (Å²) in [6, 6.07) is 16.8.